The Balaban J connectivity index is 2.01. The van der Waals surface area contributed by atoms with Crippen LogP contribution in [-0.2, 0) is 11.2 Å². The summed E-state index contributed by atoms with van der Waals surface area (Å²) in [6.07, 6.45) is 1.68. The molecule has 0 unspecified atom stereocenters. The normalized spacial score (nSPS) is 11.4. The number of ether oxygens (including phenoxy) is 2. The molecule has 1 atom stereocenters. The number of anilines is 1. The number of rotatable bonds is 9. The number of aryl methyl sites for hydroxylation is 1. The van der Waals surface area contributed by atoms with Crippen LogP contribution in [0.5, 0.6) is 11.5 Å². The smallest absolute Gasteiger partial charge is 0.253 e. The van der Waals surface area contributed by atoms with Gasteiger partial charge in [0.05, 0.1) is 25.5 Å². The maximum Gasteiger partial charge on any atom is 0.253 e. The van der Waals surface area contributed by atoms with Gasteiger partial charge in [-0.3, -0.25) is 9.59 Å². The number of amides is 2. The first-order valence-corrected chi connectivity index (χ1v) is 9.39. The zero-order chi connectivity index (χ0) is 20.5. The van der Waals surface area contributed by atoms with Crippen molar-refractivity contribution in [2.45, 2.75) is 39.2 Å². The lowest BCUT2D eigenvalue weighted by molar-refractivity contribution is -0.116. The van der Waals surface area contributed by atoms with Crippen LogP contribution in [0.4, 0.5) is 5.69 Å². The molecule has 6 nitrogen and oxygen atoms in total. The minimum atomic E-state index is -0.190. The zero-order valence-electron chi connectivity index (χ0n) is 16.9. The molecule has 0 bridgehead atoms. The summed E-state index contributed by atoms with van der Waals surface area (Å²) in [4.78, 5) is 24.9. The fourth-order valence-electron chi connectivity index (χ4n) is 2.70. The van der Waals surface area contributed by atoms with Gasteiger partial charge in [-0.25, -0.2) is 0 Å². The zero-order valence-corrected chi connectivity index (χ0v) is 16.9. The highest BCUT2D eigenvalue weighted by atomic mass is 16.5. The van der Waals surface area contributed by atoms with E-state index in [0.29, 0.717) is 29.2 Å². The Hall–Kier alpha value is -3.02. The van der Waals surface area contributed by atoms with Crippen LogP contribution in [0, 0.1) is 0 Å². The van der Waals surface area contributed by atoms with Crippen LogP contribution in [0.1, 0.15) is 42.6 Å². The van der Waals surface area contributed by atoms with Crippen LogP contribution in [0.15, 0.2) is 42.5 Å². The highest BCUT2D eigenvalue weighted by Crippen LogP contribution is 2.28. The Kier molecular flexibility index (Phi) is 7.87. The van der Waals surface area contributed by atoms with Crippen molar-refractivity contribution in [2.75, 3.05) is 19.5 Å². The van der Waals surface area contributed by atoms with Crippen LogP contribution in [0.2, 0.25) is 0 Å². The van der Waals surface area contributed by atoms with E-state index in [1.165, 1.54) is 0 Å². The molecule has 2 N–H and O–H groups in total. The molecule has 0 aromatic heterocycles. The van der Waals surface area contributed by atoms with Crippen molar-refractivity contribution in [3.63, 3.8) is 0 Å². The van der Waals surface area contributed by atoms with Gasteiger partial charge in [-0.05, 0) is 49.6 Å². The van der Waals surface area contributed by atoms with E-state index in [1.807, 2.05) is 32.0 Å². The van der Waals surface area contributed by atoms with Crippen molar-refractivity contribution in [2.24, 2.45) is 0 Å². The van der Waals surface area contributed by atoms with Gasteiger partial charge in [0, 0.05) is 12.5 Å². The van der Waals surface area contributed by atoms with E-state index in [0.717, 1.165) is 12.0 Å². The maximum absolute atomic E-state index is 12.4. The highest BCUT2D eigenvalue weighted by molar-refractivity contribution is 6.03. The van der Waals surface area contributed by atoms with Crippen LogP contribution < -0.4 is 20.1 Å². The number of benzene rings is 2. The summed E-state index contributed by atoms with van der Waals surface area (Å²) in [5.41, 5.74) is 1.94. The second kappa shape index (κ2) is 10.3. The van der Waals surface area contributed by atoms with Crippen LogP contribution in [0.3, 0.4) is 0 Å². The third-order valence-corrected chi connectivity index (χ3v) is 4.52. The lowest BCUT2D eigenvalue weighted by atomic mass is 10.1. The van der Waals surface area contributed by atoms with Crippen molar-refractivity contribution >= 4 is 17.5 Å². The van der Waals surface area contributed by atoms with E-state index >= 15 is 0 Å². The predicted molar refractivity (Wildman–Crippen MR) is 110 cm³/mol. The second-order valence-corrected chi connectivity index (χ2v) is 6.57. The Morgan fingerprint density at radius 1 is 1.04 bits per heavy atom. The maximum atomic E-state index is 12.4. The number of carbonyl (C=O) groups is 2. The molecule has 0 aliphatic carbocycles. The fraction of sp³-hybridized carbons (Fsp3) is 0.364. The third-order valence-electron chi connectivity index (χ3n) is 4.52. The minimum Gasteiger partial charge on any atom is -0.493 e. The van der Waals surface area contributed by atoms with E-state index in [-0.39, 0.29) is 24.3 Å². The lowest BCUT2D eigenvalue weighted by Gasteiger charge is -2.15. The average molecular weight is 384 g/mol. The largest absolute Gasteiger partial charge is 0.493 e. The molecule has 28 heavy (non-hydrogen) atoms. The molecule has 6 heteroatoms. The van der Waals surface area contributed by atoms with Crippen molar-refractivity contribution in [3.8, 4) is 11.5 Å². The monoisotopic (exact) mass is 384 g/mol. The van der Waals surface area contributed by atoms with Crippen molar-refractivity contribution in [3.05, 3.63) is 53.6 Å². The molecule has 150 valence electrons. The summed E-state index contributed by atoms with van der Waals surface area (Å²) in [5, 5.41) is 5.77. The van der Waals surface area contributed by atoms with Gasteiger partial charge in [-0.15, -0.1) is 0 Å². The van der Waals surface area contributed by atoms with Gasteiger partial charge in [0.2, 0.25) is 5.91 Å². The lowest BCUT2D eigenvalue weighted by Crippen LogP contribution is -2.32. The molecule has 0 aliphatic rings. The third kappa shape index (κ3) is 5.74. The van der Waals surface area contributed by atoms with Crippen LogP contribution >= 0.6 is 0 Å². The van der Waals surface area contributed by atoms with E-state index < -0.39 is 0 Å². The average Bonchev–Trinajstić information content (AvgIpc) is 2.72. The first-order chi connectivity index (χ1) is 13.5. The van der Waals surface area contributed by atoms with Crippen molar-refractivity contribution in [1.82, 2.24) is 5.32 Å². The summed E-state index contributed by atoms with van der Waals surface area (Å²) in [5.74, 6) is 0.938. The molecule has 0 aliphatic heterocycles. The van der Waals surface area contributed by atoms with Crippen molar-refractivity contribution in [1.29, 1.82) is 0 Å². The molecule has 0 spiro atoms. The van der Waals surface area contributed by atoms with Gasteiger partial charge in [-0.1, -0.05) is 25.1 Å². The molecule has 0 heterocycles. The number of nitrogens with one attached hydrogen (secondary N) is 2. The topological polar surface area (TPSA) is 76.7 Å². The Labute approximate surface area is 166 Å². The first-order valence-electron chi connectivity index (χ1n) is 9.39. The second-order valence-electron chi connectivity index (χ2n) is 6.57. The summed E-state index contributed by atoms with van der Waals surface area (Å²) in [7, 11) is 3.16. The molecular weight excluding hydrogens is 356 g/mol. The van der Waals surface area contributed by atoms with Crippen molar-refractivity contribution < 1.29 is 19.1 Å². The van der Waals surface area contributed by atoms with Crippen LogP contribution in [0.25, 0.3) is 0 Å². The first kappa shape index (κ1) is 21.3. The van der Waals surface area contributed by atoms with E-state index in [9.17, 15) is 9.59 Å². The molecule has 0 saturated heterocycles. The molecule has 2 aromatic carbocycles. The van der Waals surface area contributed by atoms with E-state index in [1.54, 1.807) is 38.5 Å². The molecular formula is C22H28N2O4. The summed E-state index contributed by atoms with van der Waals surface area (Å²) < 4.78 is 10.5. The molecule has 2 rings (SSSR count). The highest BCUT2D eigenvalue weighted by Gasteiger charge is 2.15. The quantitative estimate of drug-likeness (QED) is 0.689. The number of para-hydroxylation sites is 1. The van der Waals surface area contributed by atoms with E-state index in [4.69, 9.17) is 9.47 Å². The molecule has 2 amide bonds. The standard InChI is InChI=1S/C22H28N2O4/c1-5-15(2)23-22(26)17-8-6-7-9-18(17)24-21(25)13-11-16-10-12-19(27-3)20(14-16)28-4/h6-10,12,14-15H,5,11,13H2,1-4H3,(H,23,26)(H,24,25)/t15-/m1/s1. The van der Waals surface area contributed by atoms with Gasteiger partial charge in [0.25, 0.3) is 5.91 Å². The van der Waals surface area contributed by atoms with Gasteiger partial charge < -0.3 is 20.1 Å². The Morgan fingerprint density at radius 2 is 1.75 bits per heavy atom. The van der Waals surface area contributed by atoms with E-state index in [2.05, 4.69) is 10.6 Å². The molecule has 0 fully saturated rings. The molecule has 0 saturated carbocycles. The fourth-order valence-corrected chi connectivity index (χ4v) is 2.70. The summed E-state index contributed by atoms with van der Waals surface area (Å²) in [6.45, 7) is 3.95. The molecule has 0 radical (unpaired) electrons. The van der Waals surface area contributed by atoms with Gasteiger partial charge in [0.1, 0.15) is 0 Å². The number of hydrogen-bond donors (Lipinski definition) is 2. The SMILES string of the molecule is CC[C@@H](C)NC(=O)c1ccccc1NC(=O)CCc1ccc(OC)c(OC)c1. The Bertz CT molecular complexity index is 820. The number of hydrogen-bond acceptors (Lipinski definition) is 4. The summed E-state index contributed by atoms with van der Waals surface area (Å²) >= 11 is 0. The Morgan fingerprint density at radius 3 is 2.43 bits per heavy atom. The minimum absolute atomic E-state index is 0.0707. The van der Waals surface area contributed by atoms with Gasteiger partial charge in [0.15, 0.2) is 11.5 Å². The summed E-state index contributed by atoms with van der Waals surface area (Å²) in [6, 6.07) is 12.7. The van der Waals surface area contributed by atoms with Crippen LogP contribution in [-0.4, -0.2) is 32.1 Å². The predicted octanol–water partition coefficient (Wildman–Crippen LogP) is 3.80. The molecule has 2 aromatic rings. The van der Waals surface area contributed by atoms with Gasteiger partial charge in [-0.2, -0.15) is 0 Å². The number of methoxy groups -OCH3 is 2. The number of carbonyl (C=O) groups excluding carboxylic acids is 2. The van der Waals surface area contributed by atoms with Gasteiger partial charge >= 0.3 is 0 Å².